The van der Waals surface area contributed by atoms with E-state index in [-0.39, 0.29) is 17.3 Å². The SMILES string of the molecule is COc1ccccc1C1CC(=O)C2=C(C1)NC(C)=C(C(=O)O)C2c1ccsc1. The van der Waals surface area contributed by atoms with Gasteiger partial charge in [0.25, 0.3) is 0 Å². The van der Waals surface area contributed by atoms with Crippen LogP contribution in [-0.2, 0) is 9.59 Å². The van der Waals surface area contributed by atoms with Crippen LogP contribution in [-0.4, -0.2) is 24.0 Å². The minimum Gasteiger partial charge on any atom is -0.496 e. The maximum Gasteiger partial charge on any atom is 0.334 e. The summed E-state index contributed by atoms with van der Waals surface area (Å²) in [5.41, 5.74) is 4.12. The summed E-state index contributed by atoms with van der Waals surface area (Å²) >= 11 is 1.50. The van der Waals surface area contributed by atoms with Crippen molar-refractivity contribution in [3.8, 4) is 5.75 Å². The minimum absolute atomic E-state index is 0.00259. The maximum atomic E-state index is 13.2. The lowest BCUT2D eigenvalue weighted by molar-refractivity contribution is -0.133. The van der Waals surface area contributed by atoms with E-state index < -0.39 is 11.9 Å². The number of ether oxygens (including phenoxy) is 1. The van der Waals surface area contributed by atoms with Crippen molar-refractivity contribution in [3.63, 3.8) is 0 Å². The Morgan fingerprint density at radius 3 is 2.71 bits per heavy atom. The fourth-order valence-electron chi connectivity index (χ4n) is 4.32. The molecule has 0 spiro atoms. The average molecular weight is 395 g/mol. The molecule has 2 atom stereocenters. The summed E-state index contributed by atoms with van der Waals surface area (Å²) in [6.45, 7) is 1.77. The Bertz CT molecular complexity index is 1000. The van der Waals surface area contributed by atoms with Gasteiger partial charge in [-0.2, -0.15) is 11.3 Å². The van der Waals surface area contributed by atoms with Gasteiger partial charge in [-0.1, -0.05) is 18.2 Å². The quantitative estimate of drug-likeness (QED) is 0.811. The summed E-state index contributed by atoms with van der Waals surface area (Å²) in [6.07, 6.45) is 0.986. The molecule has 1 aromatic carbocycles. The number of nitrogens with one attached hydrogen (secondary N) is 1. The number of carboxylic acid groups (broad SMARTS) is 1. The average Bonchev–Trinajstić information content (AvgIpc) is 3.20. The molecule has 0 fully saturated rings. The zero-order valence-corrected chi connectivity index (χ0v) is 16.5. The third-order valence-corrected chi connectivity index (χ3v) is 6.21. The molecule has 0 radical (unpaired) electrons. The van der Waals surface area contributed by atoms with Crippen LogP contribution in [0.15, 0.2) is 63.6 Å². The van der Waals surface area contributed by atoms with E-state index in [2.05, 4.69) is 5.32 Å². The molecule has 2 N–H and O–H groups in total. The molecule has 2 unspecified atom stereocenters. The molecule has 144 valence electrons. The lowest BCUT2D eigenvalue weighted by Crippen LogP contribution is -2.35. The maximum absolute atomic E-state index is 13.2. The molecule has 2 heterocycles. The fraction of sp³-hybridized carbons (Fsp3) is 0.273. The van der Waals surface area contributed by atoms with Crippen LogP contribution >= 0.6 is 11.3 Å². The van der Waals surface area contributed by atoms with Gasteiger partial charge in [-0.3, -0.25) is 4.79 Å². The predicted octanol–water partition coefficient (Wildman–Crippen LogP) is 4.20. The molecule has 0 bridgehead atoms. The highest BCUT2D eigenvalue weighted by Crippen LogP contribution is 2.46. The first-order chi connectivity index (χ1) is 13.5. The zero-order valence-electron chi connectivity index (χ0n) is 15.7. The van der Waals surface area contributed by atoms with E-state index in [1.807, 2.05) is 41.1 Å². The lowest BCUT2D eigenvalue weighted by atomic mass is 9.72. The molecule has 2 aromatic rings. The van der Waals surface area contributed by atoms with E-state index in [9.17, 15) is 14.7 Å². The van der Waals surface area contributed by atoms with Crippen molar-refractivity contribution in [3.05, 3.63) is 74.8 Å². The van der Waals surface area contributed by atoms with Gasteiger partial charge in [-0.05, 0) is 47.4 Å². The van der Waals surface area contributed by atoms with Crippen LogP contribution in [0.5, 0.6) is 5.75 Å². The monoisotopic (exact) mass is 395 g/mol. The number of thiophene rings is 1. The molecule has 1 aliphatic carbocycles. The van der Waals surface area contributed by atoms with E-state index in [1.54, 1.807) is 14.0 Å². The number of carboxylic acids is 1. The Kier molecular flexibility index (Phi) is 4.81. The summed E-state index contributed by atoms with van der Waals surface area (Å²) in [5, 5.41) is 16.9. The number of aliphatic carboxylic acids is 1. The van der Waals surface area contributed by atoms with Crippen molar-refractivity contribution in [2.24, 2.45) is 0 Å². The van der Waals surface area contributed by atoms with E-state index in [0.29, 0.717) is 24.1 Å². The molecule has 0 saturated carbocycles. The van der Waals surface area contributed by atoms with Crippen LogP contribution in [0.4, 0.5) is 0 Å². The first kappa shape index (κ1) is 18.5. The number of hydrogen-bond acceptors (Lipinski definition) is 5. The third kappa shape index (κ3) is 3.03. The molecule has 1 aromatic heterocycles. The van der Waals surface area contributed by atoms with Crippen LogP contribution in [0.2, 0.25) is 0 Å². The minimum atomic E-state index is -0.993. The number of benzene rings is 1. The third-order valence-electron chi connectivity index (χ3n) is 5.51. The fourth-order valence-corrected chi connectivity index (χ4v) is 5.00. The van der Waals surface area contributed by atoms with E-state index in [0.717, 1.165) is 22.6 Å². The van der Waals surface area contributed by atoms with Crippen LogP contribution in [0.3, 0.4) is 0 Å². The van der Waals surface area contributed by atoms with E-state index in [4.69, 9.17) is 4.74 Å². The van der Waals surface area contributed by atoms with Gasteiger partial charge in [-0.15, -0.1) is 0 Å². The second-order valence-electron chi connectivity index (χ2n) is 7.12. The number of allylic oxidation sites excluding steroid dienone is 3. The Hall–Kier alpha value is -2.86. The Morgan fingerprint density at radius 2 is 2.04 bits per heavy atom. The van der Waals surface area contributed by atoms with Crippen LogP contribution in [0.1, 0.15) is 42.7 Å². The smallest absolute Gasteiger partial charge is 0.334 e. The standard InChI is InChI=1S/C22H21NO4S/c1-12-19(22(25)26)20(13-7-8-28-11-13)21-16(23-12)9-14(10-17(21)24)15-5-3-4-6-18(15)27-2/h3-8,11,14,20,23H,9-10H2,1-2H3,(H,25,26). The second-order valence-corrected chi connectivity index (χ2v) is 7.90. The number of methoxy groups -OCH3 is 1. The number of para-hydroxylation sites is 1. The molecule has 4 rings (SSSR count). The first-order valence-corrected chi connectivity index (χ1v) is 10.1. The number of hydrogen-bond donors (Lipinski definition) is 2. The molecule has 1 aliphatic heterocycles. The van der Waals surface area contributed by atoms with Crippen molar-refractivity contribution in [2.75, 3.05) is 7.11 Å². The molecule has 0 amide bonds. The van der Waals surface area contributed by atoms with Gasteiger partial charge < -0.3 is 15.2 Å². The summed E-state index contributed by atoms with van der Waals surface area (Å²) in [7, 11) is 1.63. The summed E-state index contributed by atoms with van der Waals surface area (Å²) in [6, 6.07) is 9.66. The predicted molar refractivity (Wildman–Crippen MR) is 108 cm³/mol. The zero-order chi connectivity index (χ0) is 19.8. The summed E-state index contributed by atoms with van der Waals surface area (Å²) in [4.78, 5) is 25.2. The van der Waals surface area contributed by atoms with Crippen LogP contribution in [0.25, 0.3) is 0 Å². The Morgan fingerprint density at radius 1 is 1.25 bits per heavy atom. The van der Waals surface area contributed by atoms with Crippen molar-refractivity contribution < 1.29 is 19.4 Å². The van der Waals surface area contributed by atoms with E-state index in [1.165, 1.54) is 11.3 Å². The van der Waals surface area contributed by atoms with Crippen molar-refractivity contribution in [2.45, 2.75) is 31.6 Å². The molecule has 0 saturated heterocycles. The van der Waals surface area contributed by atoms with Gasteiger partial charge >= 0.3 is 5.97 Å². The van der Waals surface area contributed by atoms with Crippen molar-refractivity contribution >= 4 is 23.1 Å². The van der Waals surface area contributed by atoms with Crippen LogP contribution in [0, 0.1) is 0 Å². The topological polar surface area (TPSA) is 75.6 Å². The number of ketones is 1. The number of dihydropyridines is 1. The second kappa shape index (κ2) is 7.28. The van der Waals surface area contributed by atoms with Gasteiger partial charge in [0.05, 0.1) is 12.7 Å². The van der Waals surface area contributed by atoms with Gasteiger partial charge in [0.1, 0.15) is 5.75 Å². The highest BCUT2D eigenvalue weighted by Gasteiger charge is 2.41. The van der Waals surface area contributed by atoms with Crippen molar-refractivity contribution in [1.82, 2.24) is 5.32 Å². The summed E-state index contributed by atoms with van der Waals surface area (Å²) in [5.74, 6) is -0.754. The molecular weight excluding hydrogens is 374 g/mol. The van der Waals surface area contributed by atoms with Gasteiger partial charge in [0, 0.05) is 35.2 Å². The van der Waals surface area contributed by atoms with E-state index >= 15 is 0 Å². The highest BCUT2D eigenvalue weighted by molar-refractivity contribution is 7.08. The highest BCUT2D eigenvalue weighted by atomic mass is 32.1. The molecule has 6 heteroatoms. The largest absolute Gasteiger partial charge is 0.496 e. The van der Waals surface area contributed by atoms with Gasteiger partial charge in [-0.25, -0.2) is 4.79 Å². The normalized spacial score (nSPS) is 22.0. The first-order valence-electron chi connectivity index (χ1n) is 9.13. The number of carbonyl (C=O) groups is 2. The molecule has 5 nitrogen and oxygen atoms in total. The summed E-state index contributed by atoms with van der Waals surface area (Å²) < 4.78 is 5.49. The molecule has 28 heavy (non-hydrogen) atoms. The molecule has 2 aliphatic rings. The molecular formula is C22H21NO4S. The van der Waals surface area contributed by atoms with Crippen LogP contribution < -0.4 is 10.1 Å². The van der Waals surface area contributed by atoms with Gasteiger partial charge in [0.15, 0.2) is 5.78 Å². The lowest BCUT2D eigenvalue weighted by Gasteiger charge is -2.36. The Balaban J connectivity index is 1.79. The number of rotatable bonds is 4. The number of carbonyl (C=O) groups excluding carboxylic acids is 1. The Labute approximate surface area is 167 Å². The van der Waals surface area contributed by atoms with Gasteiger partial charge in [0.2, 0.25) is 0 Å². The number of Topliss-reactive ketones (excluding diaryl/α,β-unsaturated/α-hetero) is 1. The van der Waals surface area contributed by atoms with Crippen molar-refractivity contribution in [1.29, 1.82) is 0 Å².